The summed E-state index contributed by atoms with van der Waals surface area (Å²) in [5.74, 6) is 0.678. The molecule has 4 nitrogen and oxygen atoms in total. The largest absolute Gasteiger partial charge is 0.492 e. The van der Waals surface area contributed by atoms with Crippen molar-refractivity contribution in [2.75, 3.05) is 26.2 Å². The molecule has 1 heterocycles. The maximum absolute atomic E-state index is 9.13. The number of rotatable bonds is 5. The lowest BCUT2D eigenvalue weighted by Crippen LogP contribution is -2.28. The van der Waals surface area contributed by atoms with E-state index in [0.717, 1.165) is 32.5 Å². The van der Waals surface area contributed by atoms with Gasteiger partial charge in [-0.15, -0.1) is 0 Å². The Balaban J connectivity index is 1.95. The molecule has 0 saturated carbocycles. The predicted molar refractivity (Wildman–Crippen MR) is 75.1 cm³/mol. The summed E-state index contributed by atoms with van der Waals surface area (Å²) in [5, 5.41) is 9.13. The van der Waals surface area contributed by atoms with Crippen molar-refractivity contribution in [1.82, 2.24) is 4.90 Å². The summed E-state index contributed by atoms with van der Waals surface area (Å²) >= 11 is 0. The van der Waals surface area contributed by atoms with Gasteiger partial charge in [0, 0.05) is 19.1 Å². The van der Waals surface area contributed by atoms with Gasteiger partial charge in [0.05, 0.1) is 12.2 Å². The number of benzene rings is 1. The molecule has 1 saturated heterocycles. The maximum atomic E-state index is 9.13. The molecule has 1 atom stereocenters. The van der Waals surface area contributed by atoms with Crippen LogP contribution in [-0.2, 0) is 6.42 Å². The minimum absolute atomic E-state index is 0.329. The molecule has 19 heavy (non-hydrogen) atoms. The third-order valence-corrected chi connectivity index (χ3v) is 3.49. The molecule has 0 spiro atoms. The van der Waals surface area contributed by atoms with E-state index in [1.54, 1.807) is 0 Å². The van der Waals surface area contributed by atoms with Crippen LogP contribution in [0.25, 0.3) is 0 Å². The van der Waals surface area contributed by atoms with E-state index in [0.29, 0.717) is 24.0 Å². The zero-order chi connectivity index (χ0) is 13.7. The molecule has 0 radical (unpaired) electrons. The number of likely N-dealkylation sites (tertiary alicyclic amines) is 1. The molecule has 2 rings (SSSR count). The van der Waals surface area contributed by atoms with Crippen molar-refractivity contribution in [3.05, 3.63) is 29.3 Å². The third-order valence-electron chi connectivity index (χ3n) is 3.49. The van der Waals surface area contributed by atoms with Crippen molar-refractivity contribution < 1.29 is 4.74 Å². The molecule has 0 unspecified atom stereocenters. The normalized spacial score (nSPS) is 19.3. The lowest BCUT2D eigenvalue weighted by molar-refractivity contribution is 0.336. The third kappa shape index (κ3) is 3.69. The summed E-state index contributed by atoms with van der Waals surface area (Å²) in [6, 6.07) is 8.40. The molecule has 1 aromatic carbocycles. The van der Waals surface area contributed by atoms with E-state index < -0.39 is 0 Å². The van der Waals surface area contributed by atoms with Crippen LogP contribution in [0.5, 0.6) is 5.75 Å². The molecule has 0 aliphatic carbocycles. The van der Waals surface area contributed by atoms with E-state index >= 15 is 0 Å². The molecule has 4 heteroatoms. The Bertz CT molecular complexity index is 467. The van der Waals surface area contributed by atoms with Crippen LogP contribution >= 0.6 is 0 Å². The smallest absolute Gasteiger partial charge is 0.137 e. The number of hydrogen-bond donors (Lipinski definition) is 1. The zero-order valence-electron chi connectivity index (χ0n) is 11.4. The Morgan fingerprint density at radius 1 is 1.53 bits per heavy atom. The van der Waals surface area contributed by atoms with Gasteiger partial charge in [0.15, 0.2) is 0 Å². The molecular weight excluding hydrogens is 238 g/mol. The van der Waals surface area contributed by atoms with Crippen LogP contribution in [0.1, 0.15) is 24.5 Å². The van der Waals surface area contributed by atoms with Gasteiger partial charge in [-0.1, -0.05) is 6.07 Å². The summed E-state index contributed by atoms with van der Waals surface area (Å²) in [7, 11) is 0. The van der Waals surface area contributed by atoms with Gasteiger partial charge < -0.3 is 15.4 Å². The van der Waals surface area contributed by atoms with Gasteiger partial charge in [0.2, 0.25) is 0 Å². The number of ether oxygens (including phenoxy) is 1. The zero-order valence-corrected chi connectivity index (χ0v) is 11.4. The number of nitrogens with two attached hydrogens (primary N) is 1. The lowest BCUT2D eigenvalue weighted by Gasteiger charge is -2.15. The molecule has 102 valence electrons. The van der Waals surface area contributed by atoms with Crippen molar-refractivity contribution in [3.63, 3.8) is 0 Å². The monoisotopic (exact) mass is 259 g/mol. The second kappa shape index (κ2) is 6.55. The minimum atomic E-state index is 0.329. The second-order valence-electron chi connectivity index (χ2n) is 4.97. The van der Waals surface area contributed by atoms with Gasteiger partial charge in [-0.2, -0.15) is 5.26 Å². The molecular formula is C15H21N3O. The van der Waals surface area contributed by atoms with Gasteiger partial charge in [0.25, 0.3) is 0 Å². The molecule has 0 amide bonds. The molecule has 1 aliphatic rings. The van der Waals surface area contributed by atoms with Gasteiger partial charge in [-0.05, 0) is 44.0 Å². The SMILES string of the molecule is CCOc1ccc(CCN2CC[C@H](N)C2)cc1C#N. The first-order valence-electron chi connectivity index (χ1n) is 6.86. The Labute approximate surface area is 114 Å². The Hall–Kier alpha value is -1.57. The van der Waals surface area contributed by atoms with Crippen molar-refractivity contribution in [1.29, 1.82) is 5.26 Å². The van der Waals surface area contributed by atoms with Crippen LogP contribution in [0.3, 0.4) is 0 Å². The topological polar surface area (TPSA) is 62.3 Å². The first kappa shape index (κ1) is 13.9. The van der Waals surface area contributed by atoms with Gasteiger partial charge in [-0.25, -0.2) is 0 Å². The number of nitriles is 1. The van der Waals surface area contributed by atoms with Gasteiger partial charge in [-0.3, -0.25) is 0 Å². The fourth-order valence-corrected chi connectivity index (χ4v) is 2.45. The second-order valence-corrected chi connectivity index (χ2v) is 4.97. The average Bonchev–Trinajstić information content (AvgIpc) is 2.83. The minimum Gasteiger partial charge on any atom is -0.492 e. The quantitative estimate of drug-likeness (QED) is 0.871. The van der Waals surface area contributed by atoms with E-state index in [-0.39, 0.29) is 0 Å². The van der Waals surface area contributed by atoms with E-state index in [9.17, 15) is 0 Å². The van der Waals surface area contributed by atoms with Crippen LogP contribution in [0.2, 0.25) is 0 Å². The summed E-state index contributed by atoms with van der Waals surface area (Å²) in [6.45, 7) is 5.59. The molecule has 1 aromatic rings. The summed E-state index contributed by atoms with van der Waals surface area (Å²) in [5.41, 5.74) is 7.70. The van der Waals surface area contributed by atoms with Crippen LogP contribution < -0.4 is 10.5 Å². The van der Waals surface area contributed by atoms with E-state index in [2.05, 4.69) is 11.0 Å². The lowest BCUT2D eigenvalue weighted by atomic mass is 10.1. The molecule has 2 N–H and O–H groups in total. The van der Waals surface area contributed by atoms with Crippen molar-refractivity contribution >= 4 is 0 Å². The Morgan fingerprint density at radius 2 is 2.37 bits per heavy atom. The highest BCUT2D eigenvalue weighted by Crippen LogP contribution is 2.20. The maximum Gasteiger partial charge on any atom is 0.137 e. The molecule has 1 fully saturated rings. The van der Waals surface area contributed by atoms with Crippen LogP contribution in [0.4, 0.5) is 0 Å². The van der Waals surface area contributed by atoms with Crippen molar-refractivity contribution in [2.24, 2.45) is 5.73 Å². The Kier molecular flexibility index (Phi) is 4.78. The highest BCUT2D eigenvalue weighted by Gasteiger charge is 2.18. The van der Waals surface area contributed by atoms with Crippen LogP contribution in [-0.4, -0.2) is 37.2 Å². The summed E-state index contributed by atoms with van der Waals surface area (Å²) in [6.07, 6.45) is 2.04. The number of nitrogens with zero attached hydrogens (tertiary/aromatic N) is 2. The van der Waals surface area contributed by atoms with Gasteiger partial charge in [0.1, 0.15) is 11.8 Å². The standard InChI is InChI=1S/C15H21N3O/c1-2-19-15-4-3-12(9-13(15)10-16)5-7-18-8-6-14(17)11-18/h3-4,9,14H,2,5-8,11,17H2,1H3/t14-/m0/s1. The van der Waals surface area contributed by atoms with Crippen LogP contribution in [0.15, 0.2) is 18.2 Å². The first-order valence-corrected chi connectivity index (χ1v) is 6.86. The fourth-order valence-electron chi connectivity index (χ4n) is 2.45. The predicted octanol–water partition coefficient (Wildman–Crippen LogP) is 1.53. The Morgan fingerprint density at radius 3 is 3.00 bits per heavy atom. The highest BCUT2D eigenvalue weighted by molar-refractivity contribution is 5.45. The van der Waals surface area contributed by atoms with E-state index in [1.165, 1.54) is 5.56 Å². The molecule has 0 aromatic heterocycles. The van der Waals surface area contributed by atoms with Crippen molar-refractivity contribution in [3.8, 4) is 11.8 Å². The first-order chi connectivity index (χ1) is 9.22. The number of hydrogen-bond acceptors (Lipinski definition) is 4. The average molecular weight is 259 g/mol. The van der Waals surface area contributed by atoms with E-state index in [4.69, 9.17) is 15.7 Å². The van der Waals surface area contributed by atoms with Crippen molar-refractivity contribution in [2.45, 2.75) is 25.8 Å². The summed E-state index contributed by atoms with van der Waals surface area (Å²) < 4.78 is 5.43. The van der Waals surface area contributed by atoms with Crippen LogP contribution in [0, 0.1) is 11.3 Å². The molecule has 0 bridgehead atoms. The fraction of sp³-hybridized carbons (Fsp3) is 0.533. The van der Waals surface area contributed by atoms with E-state index in [1.807, 2.05) is 25.1 Å². The van der Waals surface area contributed by atoms with Gasteiger partial charge >= 0.3 is 0 Å². The summed E-state index contributed by atoms with van der Waals surface area (Å²) in [4.78, 5) is 2.38. The molecule has 1 aliphatic heterocycles. The highest BCUT2D eigenvalue weighted by atomic mass is 16.5.